The smallest absolute Gasteiger partial charge is 0.333 e. The lowest BCUT2D eigenvalue weighted by Gasteiger charge is -2.33. The van der Waals surface area contributed by atoms with Gasteiger partial charge in [-0.3, -0.25) is 9.78 Å². The van der Waals surface area contributed by atoms with Gasteiger partial charge in [0, 0.05) is 25.8 Å². The van der Waals surface area contributed by atoms with Crippen LogP contribution in [0.2, 0.25) is 0 Å². The van der Waals surface area contributed by atoms with Crippen LogP contribution in [0.1, 0.15) is 23.2 Å². The first-order chi connectivity index (χ1) is 14.6. The van der Waals surface area contributed by atoms with Gasteiger partial charge in [0.2, 0.25) is 0 Å². The fraction of sp³-hybridized carbons (Fsp3) is 0.429. The van der Waals surface area contributed by atoms with Gasteiger partial charge in [0.05, 0.1) is 11.1 Å². The van der Waals surface area contributed by atoms with Crippen LogP contribution >= 0.6 is 0 Å². The van der Waals surface area contributed by atoms with Crippen LogP contribution < -0.4 is 15.9 Å². The number of hydrogen-bond donors (Lipinski definition) is 2. The van der Waals surface area contributed by atoms with Gasteiger partial charge < -0.3 is 15.1 Å². The number of nitrogens with zero attached hydrogens (tertiary/aromatic N) is 5. The number of hydrogen-bond acceptors (Lipinski definition) is 6. The van der Waals surface area contributed by atoms with Gasteiger partial charge in [-0.1, -0.05) is 0 Å². The predicted octanol–water partition coefficient (Wildman–Crippen LogP) is 1.00. The van der Waals surface area contributed by atoms with Crippen molar-refractivity contribution in [1.82, 2.24) is 29.7 Å². The highest BCUT2D eigenvalue weighted by molar-refractivity contribution is 5.99. The summed E-state index contributed by atoms with van der Waals surface area (Å²) in [5.41, 5.74) is 1.43. The third-order valence-corrected chi connectivity index (χ3v) is 6.07. The van der Waals surface area contributed by atoms with E-state index in [-0.39, 0.29) is 11.6 Å². The lowest BCUT2D eigenvalue weighted by atomic mass is 9.96. The van der Waals surface area contributed by atoms with E-state index in [2.05, 4.69) is 32.1 Å². The topological polar surface area (TPSA) is 99.2 Å². The van der Waals surface area contributed by atoms with Gasteiger partial charge in [-0.2, -0.15) is 0 Å². The molecule has 5 rings (SSSR count). The zero-order chi connectivity index (χ0) is 20.7. The van der Waals surface area contributed by atoms with Crippen molar-refractivity contribution in [2.75, 3.05) is 44.7 Å². The molecule has 3 aromatic rings. The number of aromatic nitrogens is 4. The van der Waals surface area contributed by atoms with Gasteiger partial charge in [0.1, 0.15) is 11.6 Å². The van der Waals surface area contributed by atoms with Gasteiger partial charge in [-0.15, -0.1) is 0 Å². The Morgan fingerprint density at radius 2 is 1.97 bits per heavy atom. The molecule has 3 aromatic heterocycles. The van der Waals surface area contributed by atoms with E-state index >= 15 is 0 Å². The molecular weight excluding hydrogens is 382 g/mol. The standard InChI is InChI=1S/C21H25N7O2/c1-26-10-6-14(7-11-26)13-27-12-9-23-20(29)15-4-5-17(24-19(15)27)28-16-3-2-8-22-18(16)25-21(28)30/h2-5,8,14H,6-7,9-13H2,1H3,(H,23,29)(H,22,25,30). The normalized spacial score (nSPS) is 18.3. The lowest BCUT2D eigenvalue weighted by Crippen LogP contribution is -2.39. The minimum Gasteiger partial charge on any atom is -0.354 e. The summed E-state index contributed by atoms with van der Waals surface area (Å²) in [6.07, 6.45) is 3.91. The van der Waals surface area contributed by atoms with Gasteiger partial charge in [-0.05, 0) is 63.2 Å². The van der Waals surface area contributed by atoms with Crippen molar-refractivity contribution in [2.24, 2.45) is 5.92 Å². The average Bonchev–Trinajstić information content (AvgIpc) is 3.01. The molecule has 0 aromatic carbocycles. The number of nitrogens with one attached hydrogen (secondary N) is 2. The fourth-order valence-corrected chi connectivity index (χ4v) is 4.39. The molecule has 9 heteroatoms. The quantitative estimate of drug-likeness (QED) is 0.672. The summed E-state index contributed by atoms with van der Waals surface area (Å²) >= 11 is 0. The van der Waals surface area contributed by atoms with E-state index in [1.165, 1.54) is 4.57 Å². The zero-order valence-corrected chi connectivity index (χ0v) is 17.0. The number of anilines is 1. The van der Waals surface area contributed by atoms with Gasteiger partial charge in [0.15, 0.2) is 5.65 Å². The molecule has 0 atom stereocenters. The molecule has 0 unspecified atom stereocenters. The molecule has 2 aliphatic heterocycles. The molecule has 2 N–H and O–H groups in total. The molecular formula is C21H25N7O2. The number of H-pyrrole nitrogens is 1. The Bertz CT molecular complexity index is 1140. The second-order valence-corrected chi connectivity index (χ2v) is 8.13. The van der Waals surface area contributed by atoms with Crippen LogP contribution in [-0.4, -0.2) is 70.1 Å². The van der Waals surface area contributed by atoms with Crippen LogP contribution in [0.15, 0.2) is 35.3 Å². The Morgan fingerprint density at radius 1 is 1.13 bits per heavy atom. The molecule has 9 nitrogen and oxygen atoms in total. The van der Waals surface area contributed by atoms with E-state index in [0.29, 0.717) is 47.4 Å². The molecule has 1 fully saturated rings. The van der Waals surface area contributed by atoms with E-state index in [1.807, 2.05) is 6.07 Å². The summed E-state index contributed by atoms with van der Waals surface area (Å²) in [5.74, 6) is 1.57. The number of carbonyl (C=O) groups excluding carboxylic acids is 1. The third kappa shape index (κ3) is 3.35. The molecule has 2 aliphatic rings. The number of amides is 1. The molecule has 0 spiro atoms. The summed E-state index contributed by atoms with van der Waals surface area (Å²) in [5, 5.41) is 2.96. The van der Waals surface area contributed by atoms with E-state index in [9.17, 15) is 9.59 Å². The van der Waals surface area contributed by atoms with Crippen LogP contribution in [0.3, 0.4) is 0 Å². The molecule has 156 valence electrons. The highest BCUT2D eigenvalue weighted by Gasteiger charge is 2.27. The second kappa shape index (κ2) is 7.56. The maximum absolute atomic E-state index is 12.6. The van der Waals surface area contributed by atoms with E-state index in [0.717, 1.165) is 32.5 Å². The average molecular weight is 407 g/mol. The minimum absolute atomic E-state index is 0.122. The van der Waals surface area contributed by atoms with Crippen LogP contribution in [0.25, 0.3) is 17.0 Å². The number of fused-ring (bicyclic) bond motifs is 2. The van der Waals surface area contributed by atoms with Crippen molar-refractivity contribution in [3.63, 3.8) is 0 Å². The van der Waals surface area contributed by atoms with Crippen LogP contribution in [0.5, 0.6) is 0 Å². The SMILES string of the molecule is CN1CCC(CN2CCNC(=O)c3ccc(-n4c(=O)[nH]c5ncccc54)nc32)CC1. The number of rotatable bonds is 3. The molecule has 0 aliphatic carbocycles. The highest BCUT2D eigenvalue weighted by atomic mass is 16.2. The van der Waals surface area contributed by atoms with Gasteiger partial charge >= 0.3 is 5.69 Å². The van der Waals surface area contributed by atoms with E-state index in [4.69, 9.17) is 4.98 Å². The first-order valence-corrected chi connectivity index (χ1v) is 10.4. The second-order valence-electron chi connectivity index (χ2n) is 8.13. The summed E-state index contributed by atoms with van der Waals surface area (Å²) < 4.78 is 1.51. The number of pyridine rings is 2. The highest BCUT2D eigenvalue weighted by Crippen LogP contribution is 2.26. The maximum Gasteiger partial charge on any atom is 0.333 e. The maximum atomic E-state index is 12.6. The summed E-state index contributed by atoms with van der Waals surface area (Å²) in [7, 11) is 2.15. The molecule has 1 amide bonds. The number of imidazole rings is 1. The van der Waals surface area contributed by atoms with Crippen molar-refractivity contribution in [3.8, 4) is 5.82 Å². The van der Waals surface area contributed by atoms with Crippen LogP contribution in [0.4, 0.5) is 5.82 Å². The monoisotopic (exact) mass is 407 g/mol. The van der Waals surface area contributed by atoms with Crippen molar-refractivity contribution in [3.05, 3.63) is 46.5 Å². The van der Waals surface area contributed by atoms with Crippen molar-refractivity contribution < 1.29 is 4.79 Å². The molecule has 5 heterocycles. The van der Waals surface area contributed by atoms with Gasteiger partial charge in [0.25, 0.3) is 5.91 Å². The Labute approximate surface area is 173 Å². The zero-order valence-electron chi connectivity index (χ0n) is 17.0. The Kier molecular flexibility index (Phi) is 4.74. The van der Waals surface area contributed by atoms with E-state index < -0.39 is 0 Å². The molecule has 0 bridgehead atoms. The lowest BCUT2D eigenvalue weighted by molar-refractivity contribution is 0.0958. The number of carbonyl (C=O) groups is 1. The third-order valence-electron chi connectivity index (χ3n) is 6.07. The van der Waals surface area contributed by atoms with Gasteiger partial charge in [-0.25, -0.2) is 19.3 Å². The summed E-state index contributed by atoms with van der Waals surface area (Å²) in [4.78, 5) is 41.5. The first kappa shape index (κ1) is 18.8. The molecule has 0 saturated carbocycles. The Morgan fingerprint density at radius 3 is 2.80 bits per heavy atom. The van der Waals surface area contributed by atoms with Crippen molar-refractivity contribution in [2.45, 2.75) is 12.8 Å². The predicted molar refractivity (Wildman–Crippen MR) is 114 cm³/mol. The molecule has 1 saturated heterocycles. The number of aromatic amines is 1. The van der Waals surface area contributed by atoms with Crippen LogP contribution in [-0.2, 0) is 0 Å². The largest absolute Gasteiger partial charge is 0.354 e. The molecule has 30 heavy (non-hydrogen) atoms. The Hall–Kier alpha value is -3.20. The Balaban J connectivity index is 1.55. The number of piperidine rings is 1. The minimum atomic E-state index is -0.295. The summed E-state index contributed by atoms with van der Waals surface area (Å²) in [6, 6.07) is 7.10. The molecule has 0 radical (unpaired) electrons. The van der Waals surface area contributed by atoms with Crippen molar-refractivity contribution in [1.29, 1.82) is 0 Å². The van der Waals surface area contributed by atoms with Crippen LogP contribution in [0, 0.1) is 5.92 Å². The van der Waals surface area contributed by atoms with Crippen molar-refractivity contribution >= 4 is 22.9 Å². The first-order valence-electron chi connectivity index (χ1n) is 10.4. The fourth-order valence-electron chi connectivity index (χ4n) is 4.39. The summed E-state index contributed by atoms with van der Waals surface area (Å²) in [6.45, 7) is 4.32. The van der Waals surface area contributed by atoms with E-state index in [1.54, 1.807) is 24.4 Å². The number of likely N-dealkylation sites (tertiary alicyclic amines) is 1.